The summed E-state index contributed by atoms with van der Waals surface area (Å²) in [6.45, 7) is 4.65. The van der Waals surface area contributed by atoms with Gasteiger partial charge in [-0.3, -0.25) is 14.7 Å². The van der Waals surface area contributed by atoms with Gasteiger partial charge in [0, 0.05) is 37.4 Å². The molecule has 1 aliphatic rings. The molecule has 1 atom stereocenters. The molecule has 4 nitrogen and oxygen atoms in total. The maximum absolute atomic E-state index is 12.3. The molecule has 144 valence electrons. The number of likely N-dealkylation sites (tertiary alicyclic amines) is 1. The number of pyridine rings is 1. The minimum Gasteiger partial charge on any atom is -0.352 e. The van der Waals surface area contributed by atoms with E-state index in [2.05, 4.69) is 58.5 Å². The van der Waals surface area contributed by atoms with Gasteiger partial charge >= 0.3 is 0 Å². The highest BCUT2D eigenvalue weighted by Crippen LogP contribution is 2.21. The van der Waals surface area contributed by atoms with Crippen LogP contribution in [0.25, 0.3) is 0 Å². The van der Waals surface area contributed by atoms with Crippen LogP contribution in [0.15, 0.2) is 48.7 Å². The molecule has 27 heavy (non-hydrogen) atoms. The van der Waals surface area contributed by atoms with Crippen molar-refractivity contribution in [1.29, 1.82) is 0 Å². The normalized spacial score (nSPS) is 17.6. The van der Waals surface area contributed by atoms with Crippen LogP contribution in [0.2, 0.25) is 0 Å². The lowest BCUT2D eigenvalue weighted by atomic mass is 9.97. The van der Waals surface area contributed by atoms with Gasteiger partial charge in [-0.1, -0.05) is 42.3 Å². The van der Waals surface area contributed by atoms with Crippen molar-refractivity contribution < 1.29 is 4.79 Å². The number of benzene rings is 1. The summed E-state index contributed by atoms with van der Waals surface area (Å²) in [6, 6.07) is 15.0. The van der Waals surface area contributed by atoms with Gasteiger partial charge in [0.05, 0.1) is 0 Å². The van der Waals surface area contributed by atoms with Gasteiger partial charge in [-0.05, 0) is 56.8 Å². The van der Waals surface area contributed by atoms with Crippen molar-refractivity contribution in [2.75, 3.05) is 13.1 Å². The van der Waals surface area contributed by atoms with E-state index in [4.69, 9.17) is 0 Å². The number of aromatic nitrogens is 1. The number of nitrogens with zero attached hydrogens (tertiary/aromatic N) is 2. The molecule has 1 aromatic heterocycles. The third kappa shape index (κ3) is 6.47. The average molecular weight is 366 g/mol. The van der Waals surface area contributed by atoms with Crippen LogP contribution in [0.1, 0.15) is 48.9 Å². The fourth-order valence-electron chi connectivity index (χ4n) is 3.78. The van der Waals surface area contributed by atoms with Crippen LogP contribution < -0.4 is 5.32 Å². The average Bonchev–Trinajstić information content (AvgIpc) is 2.71. The van der Waals surface area contributed by atoms with Gasteiger partial charge in [-0.2, -0.15) is 0 Å². The van der Waals surface area contributed by atoms with E-state index < -0.39 is 0 Å². The SMILES string of the molecule is Cc1ccc(CNC(=O)CCN2CCCC[C@@H]2CCc2ccccn2)cc1. The zero-order valence-electron chi connectivity index (χ0n) is 16.4. The van der Waals surface area contributed by atoms with Crippen molar-refractivity contribution in [3.8, 4) is 0 Å². The van der Waals surface area contributed by atoms with Crippen molar-refractivity contribution in [3.05, 3.63) is 65.5 Å². The smallest absolute Gasteiger partial charge is 0.221 e. The molecule has 1 aliphatic heterocycles. The maximum Gasteiger partial charge on any atom is 0.221 e. The Morgan fingerprint density at radius 3 is 2.81 bits per heavy atom. The lowest BCUT2D eigenvalue weighted by Crippen LogP contribution is -2.41. The minimum atomic E-state index is 0.143. The summed E-state index contributed by atoms with van der Waals surface area (Å²) in [5, 5.41) is 3.06. The van der Waals surface area contributed by atoms with E-state index in [1.54, 1.807) is 0 Å². The minimum absolute atomic E-state index is 0.143. The van der Waals surface area contributed by atoms with E-state index in [-0.39, 0.29) is 5.91 Å². The largest absolute Gasteiger partial charge is 0.352 e. The molecule has 4 heteroatoms. The van der Waals surface area contributed by atoms with Crippen LogP contribution in [-0.4, -0.2) is 34.9 Å². The number of hydrogen-bond acceptors (Lipinski definition) is 3. The zero-order chi connectivity index (χ0) is 18.9. The first-order chi connectivity index (χ1) is 13.2. The van der Waals surface area contributed by atoms with Crippen LogP contribution in [-0.2, 0) is 17.8 Å². The van der Waals surface area contributed by atoms with Gasteiger partial charge in [-0.25, -0.2) is 0 Å². The van der Waals surface area contributed by atoms with Crippen LogP contribution in [0.4, 0.5) is 0 Å². The number of carbonyl (C=O) groups is 1. The quantitative estimate of drug-likeness (QED) is 0.772. The first-order valence-electron chi connectivity index (χ1n) is 10.2. The Hall–Kier alpha value is -2.20. The highest BCUT2D eigenvalue weighted by atomic mass is 16.1. The molecule has 0 unspecified atom stereocenters. The summed E-state index contributed by atoms with van der Waals surface area (Å²) in [7, 11) is 0. The predicted octanol–water partition coefficient (Wildman–Crippen LogP) is 3.88. The summed E-state index contributed by atoms with van der Waals surface area (Å²) in [5.41, 5.74) is 3.56. The molecule has 1 fully saturated rings. The van der Waals surface area contributed by atoms with Gasteiger partial charge in [0.15, 0.2) is 0 Å². The molecule has 2 heterocycles. The maximum atomic E-state index is 12.3. The van der Waals surface area contributed by atoms with E-state index in [0.717, 1.165) is 31.5 Å². The number of aryl methyl sites for hydroxylation is 2. The highest BCUT2D eigenvalue weighted by molar-refractivity contribution is 5.76. The Labute approximate surface area is 163 Å². The van der Waals surface area contributed by atoms with Crippen LogP contribution in [0, 0.1) is 6.92 Å². The van der Waals surface area contributed by atoms with Crippen molar-refractivity contribution in [2.24, 2.45) is 0 Å². The van der Waals surface area contributed by atoms with Gasteiger partial charge in [-0.15, -0.1) is 0 Å². The predicted molar refractivity (Wildman–Crippen MR) is 109 cm³/mol. The molecular formula is C23H31N3O. The molecule has 1 aromatic carbocycles. The van der Waals surface area contributed by atoms with Crippen LogP contribution >= 0.6 is 0 Å². The van der Waals surface area contributed by atoms with Crippen molar-refractivity contribution in [1.82, 2.24) is 15.2 Å². The number of piperidine rings is 1. The Bertz CT molecular complexity index is 699. The molecule has 0 aliphatic carbocycles. The molecule has 1 saturated heterocycles. The van der Waals surface area contributed by atoms with Gasteiger partial charge < -0.3 is 5.32 Å². The Balaban J connectivity index is 1.41. The summed E-state index contributed by atoms with van der Waals surface area (Å²) < 4.78 is 0. The molecule has 1 amide bonds. The van der Waals surface area contributed by atoms with E-state index in [9.17, 15) is 4.79 Å². The summed E-state index contributed by atoms with van der Waals surface area (Å²) in [5.74, 6) is 0.143. The summed E-state index contributed by atoms with van der Waals surface area (Å²) >= 11 is 0. The second-order valence-electron chi connectivity index (χ2n) is 7.56. The summed E-state index contributed by atoms with van der Waals surface area (Å²) in [6.07, 6.45) is 8.35. The molecule has 0 spiro atoms. The van der Waals surface area contributed by atoms with Gasteiger partial charge in [0.2, 0.25) is 5.91 Å². The summed E-state index contributed by atoms with van der Waals surface area (Å²) in [4.78, 5) is 19.2. The van der Waals surface area contributed by atoms with Crippen LogP contribution in [0.3, 0.4) is 0 Å². The molecule has 0 bridgehead atoms. The molecule has 2 aromatic rings. The van der Waals surface area contributed by atoms with Gasteiger partial charge in [0.1, 0.15) is 0 Å². The van der Waals surface area contributed by atoms with Crippen molar-refractivity contribution >= 4 is 5.91 Å². The Morgan fingerprint density at radius 2 is 2.04 bits per heavy atom. The molecule has 1 N–H and O–H groups in total. The van der Waals surface area contributed by atoms with E-state index in [0.29, 0.717) is 19.0 Å². The molecule has 3 rings (SSSR count). The number of carbonyl (C=O) groups excluding carboxylic acids is 1. The third-order valence-electron chi connectivity index (χ3n) is 5.45. The molecule has 0 saturated carbocycles. The lowest BCUT2D eigenvalue weighted by molar-refractivity contribution is -0.121. The fraction of sp³-hybridized carbons (Fsp3) is 0.478. The second-order valence-corrected chi connectivity index (χ2v) is 7.56. The topological polar surface area (TPSA) is 45.2 Å². The fourth-order valence-corrected chi connectivity index (χ4v) is 3.78. The van der Waals surface area contributed by atoms with Crippen molar-refractivity contribution in [3.63, 3.8) is 0 Å². The van der Waals surface area contributed by atoms with Gasteiger partial charge in [0.25, 0.3) is 0 Å². The Kier molecular flexibility index (Phi) is 7.40. The number of nitrogens with one attached hydrogen (secondary N) is 1. The number of hydrogen-bond donors (Lipinski definition) is 1. The first-order valence-corrected chi connectivity index (χ1v) is 10.2. The number of amides is 1. The first kappa shape index (κ1) is 19.6. The van der Waals surface area contributed by atoms with Crippen molar-refractivity contribution in [2.45, 2.75) is 58.0 Å². The second kappa shape index (κ2) is 10.2. The zero-order valence-corrected chi connectivity index (χ0v) is 16.4. The van der Waals surface area contributed by atoms with E-state index >= 15 is 0 Å². The van der Waals surface area contributed by atoms with Crippen LogP contribution in [0.5, 0.6) is 0 Å². The lowest BCUT2D eigenvalue weighted by Gasteiger charge is -2.35. The number of rotatable bonds is 8. The highest BCUT2D eigenvalue weighted by Gasteiger charge is 2.22. The monoisotopic (exact) mass is 365 g/mol. The molecular weight excluding hydrogens is 334 g/mol. The Morgan fingerprint density at radius 1 is 1.19 bits per heavy atom. The molecule has 0 radical (unpaired) electrons. The van der Waals surface area contributed by atoms with E-state index in [1.807, 2.05) is 12.3 Å². The standard InChI is InChI=1S/C23H31N3O/c1-19-8-10-20(11-9-19)18-25-23(27)14-17-26-16-5-3-7-22(26)13-12-21-6-2-4-15-24-21/h2,4,6,8-11,15,22H,3,5,7,12-14,16-18H2,1H3,(H,25,27)/t22-/m1/s1. The van der Waals surface area contributed by atoms with E-state index in [1.165, 1.54) is 30.5 Å². The third-order valence-corrected chi connectivity index (χ3v) is 5.45.